The molecular formula is C17H32N6O7. The van der Waals surface area contributed by atoms with Crippen LogP contribution in [0.1, 0.15) is 39.0 Å². The van der Waals surface area contributed by atoms with E-state index >= 15 is 0 Å². The van der Waals surface area contributed by atoms with E-state index in [1.54, 1.807) is 0 Å². The Labute approximate surface area is 174 Å². The van der Waals surface area contributed by atoms with Crippen LogP contribution in [0.3, 0.4) is 0 Å². The number of amides is 4. The van der Waals surface area contributed by atoms with Gasteiger partial charge in [-0.1, -0.05) is 0 Å². The summed E-state index contributed by atoms with van der Waals surface area (Å²) in [4.78, 5) is 58.8. The van der Waals surface area contributed by atoms with Crippen LogP contribution >= 0.6 is 0 Å². The van der Waals surface area contributed by atoms with Crippen LogP contribution in [0.15, 0.2) is 0 Å². The first-order valence-electron chi connectivity index (χ1n) is 9.52. The summed E-state index contributed by atoms with van der Waals surface area (Å²) < 4.78 is 0. The number of aliphatic hydroxyl groups is 1. The molecule has 0 heterocycles. The number of carbonyl (C=O) groups excluding carboxylic acids is 4. The Balaban J connectivity index is 5.11. The molecule has 0 aromatic heterocycles. The van der Waals surface area contributed by atoms with Crippen LogP contribution in [0.2, 0.25) is 0 Å². The largest absolute Gasteiger partial charge is 0.480 e. The predicted molar refractivity (Wildman–Crippen MR) is 105 cm³/mol. The fourth-order valence-corrected chi connectivity index (χ4v) is 2.34. The van der Waals surface area contributed by atoms with Crippen LogP contribution in [-0.2, 0) is 24.0 Å². The van der Waals surface area contributed by atoms with Gasteiger partial charge in [0.15, 0.2) is 0 Å². The first-order chi connectivity index (χ1) is 14.0. The van der Waals surface area contributed by atoms with Gasteiger partial charge in [-0.2, -0.15) is 0 Å². The van der Waals surface area contributed by atoms with Gasteiger partial charge in [-0.3, -0.25) is 19.2 Å². The fourth-order valence-electron chi connectivity index (χ4n) is 2.34. The van der Waals surface area contributed by atoms with Crippen molar-refractivity contribution in [2.24, 2.45) is 17.2 Å². The third kappa shape index (κ3) is 10.7. The van der Waals surface area contributed by atoms with Crippen LogP contribution in [-0.4, -0.2) is 77.1 Å². The standard InChI is InChI=1S/C17H32N6O7/c1-9(21-15(27)10(19)8-24)14(26)22-11(4-2-3-7-18)16(28)23-12(17(29)30)5-6-13(20)25/h9-12,24H,2-8,18-19H2,1H3,(H2,20,25)(H,21,27)(H,22,26)(H,23,28)(H,29,30). The Morgan fingerprint density at radius 3 is 2.00 bits per heavy atom. The van der Waals surface area contributed by atoms with Gasteiger partial charge in [0, 0.05) is 6.42 Å². The van der Waals surface area contributed by atoms with Gasteiger partial charge in [0.25, 0.3) is 0 Å². The van der Waals surface area contributed by atoms with Crippen molar-refractivity contribution in [3.63, 3.8) is 0 Å². The van der Waals surface area contributed by atoms with Crippen molar-refractivity contribution in [3.8, 4) is 0 Å². The van der Waals surface area contributed by atoms with Gasteiger partial charge in [-0.15, -0.1) is 0 Å². The number of rotatable bonds is 15. The zero-order chi connectivity index (χ0) is 23.3. The molecule has 0 fully saturated rings. The molecule has 0 radical (unpaired) electrons. The highest BCUT2D eigenvalue weighted by Crippen LogP contribution is 2.05. The number of carboxylic acid groups (broad SMARTS) is 1. The lowest BCUT2D eigenvalue weighted by Crippen LogP contribution is -2.56. The Morgan fingerprint density at radius 1 is 0.900 bits per heavy atom. The Hall–Kier alpha value is -2.77. The van der Waals surface area contributed by atoms with E-state index in [0.29, 0.717) is 19.4 Å². The highest BCUT2D eigenvalue weighted by Gasteiger charge is 2.28. The molecule has 0 aliphatic carbocycles. The van der Waals surface area contributed by atoms with Gasteiger partial charge < -0.3 is 43.4 Å². The predicted octanol–water partition coefficient (Wildman–Crippen LogP) is -3.74. The maximum atomic E-state index is 12.6. The molecule has 172 valence electrons. The van der Waals surface area contributed by atoms with Crippen LogP contribution in [0.4, 0.5) is 0 Å². The van der Waals surface area contributed by atoms with Gasteiger partial charge in [-0.05, 0) is 39.2 Å². The van der Waals surface area contributed by atoms with E-state index < -0.39 is 60.4 Å². The molecule has 13 nitrogen and oxygen atoms in total. The molecule has 0 spiro atoms. The molecule has 13 heteroatoms. The van der Waals surface area contributed by atoms with Crippen molar-refractivity contribution < 1.29 is 34.2 Å². The average Bonchev–Trinajstić information content (AvgIpc) is 2.68. The van der Waals surface area contributed by atoms with Crippen LogP contribution in [0, 0.1) is 0 Å². The van der Waals surface area contributed by atoms with E-state index in [0.717, 1.165) is 0 Å². The first-order valence-corrected chi connectivity index (χ1v) is 9.52. The average molecular weight is 432 g/mol. The smallest absolute Gasteiger partial charge is 0.326 e. The van der Waals surface area contributed by atoms with Crippen molar-refractivity contribution >= 4 is 29.6 Å². The van der Waals surface area contributed by atoms with E-state index in [9.17, 15) is 29.1 Å². The second kappa shape index (κ2) is 14.3. The molecule has 0 rings (SSSR count). The molecule has 11 N–H and O–H groups in total. The number of carboxylic acids is 1. The van der Waals surface area contributed by atoms with E-state index in [2.05, 4.69) is 16.0 Å². The molecule has 30 heavy (non-hydrogen) atoms. The Bertz CT molecular complexity index is 615. The second-order valence-electron chi connectivity index (χ2n) is 6.77. The molecule has 0 aromatic carbocycles. The summed E-state index contributed by atoms with van der Waals surface area (Å²) in [6.07, 6.45) is 0.778. The van der Waals surface area contributed by atoms with Crippen LogP contribution in [0.5, 0.6) is 0 Å². The minimum atomic E-state index is -1.36. The van der Waals surface area contributed by atoms with Crippen LogP contribution < -0.4 is 33.2 Å². The zero-order valence-electron chi connectivity index (χ0n) is 16.9. The number of carbonyl (C=O) groups is 5. The van der Waals surface area contributed by atoms with Crippen molar-refractivity contribution in [1.82, 2.24) is 16.0 Å². The molecule has 0 aromatic rings. The molecule has 4 amide bonds. The highest BCUT2D eigenvalue weighted by atomic mass is 16.4. The van der Waals surface area contributed by atoms with Gasteiger partial charge in [0.2, 0.25) is 23.6 Å². The van der Waals surface area contributed by atoms with Gasteiger partial charge in [-0.25, -0.2) is 4.79 Å². The van der Waals surface area contributed by atoms with Gasteiger partial charge in [0.05, 0.1) is 6.61 Å². The molecule has 4 unspecified atom stereocenters. The molecule has 0 aliphatic rings. The number of aliphatic carboxylic acids is 1. The topological polar surface area (TPSA) is 240 Å². The summed E-state index contributed by atoms with van der Waals surface area (Å²) in [5.74, 6) is -4.28. The molecule has 0 aliphatic heterocycles. The second-order valence-corrected chi connectivity index (χ2v) is 6.77. The molecule has 0 saturated carbocycles. The Morgan fingerprint density at radius 2 is 1.50 bits per heavy atom. The van der Waals surface area contributed by atoms with E-state index in [1.165, 1.54) is 6.92 Å². The quantitative estimate of drug-likeness (QED) is 0.118. The molecule has 0 bridgehead atoms. The number of hydrogen-bond acceptors (Lipinski definition) is 8. The van der Waals surface area contributed by atoms with Crippen molar-refractivity contribution in [2.45, 2.75) is 63.2 Å². The maximum absolute atomic E-state index is 12.6. The highest BCUT2D eigenvalue weighted by molar-refractivity contribution is 5.94. The summed E-state index contributed by atoms with van der Waals surface area (Å²) in [6.45, 7) is 1.12. The molecule has 4 atom stereocenters. The van der Waals surface area contributed by atoms with E-state index in [-0.39, 0.29) is 19.3 Å². The third-order valence-electron chi connectivity index (χ3n) is 4.16. The van der Waals surface area contributed by atoms with Crippen molar-refractivity contribution in [3.05, 3.63) is 0 Å². The summed E-state index contributed by atoms with van der Waals surface area (Å²) >= 11 is 0. The lowest BCUT2D eigenvalue weighted by molar-refractivity contribution is -0.142. The number of unbranched alkanes of at least 4 members (excludes halogenated alkanes) is 1. The van der Waals surface area contributed by atoms with Crippen LogP contribution in [0.25, 0.3) is 0 Å². The number of primary amides is 1. The summed E-state index contributed by atoms with van der Waals surface area (Å²) in [5.41, 5.74) is 15.8. The van der Waals surface area contributed by atoms with Crippen molar-refractivity contribution in [2.75, 3.05) is 13.2 Å². The number of aliphatic hydroxyl groups excluding tert-OH is 1. The fraction of sp³-hybridized carbons (Fsp3) is 0.706. The summed E-state index contributed by atoms with van der Waals surface area (Å²) in [7, 11) is 0. The molecular weight excluding hydrogens is 400 g/mol. The van der Waals surface area contributed by atoms with Gasteiger partial charge in [0.1, 0.15) is 24.2 Å². The third-order valence-corrected chi connectivity index (χ3v) is 4.16. The number of hydrogen-bond donors (Lipinski definition) is 8. The minimum Gasteiger partial charge on any atom is -0.480 e. The lowest BCUT2D eigenvalue weighted by atomic mass is 10.1. The summed E-state index contributed by atoms with van der Waals surface area (Å²) in [5, 5.41) is 25.1. The van der Waals surface area contributed by atoms with Crippen molar-refractivity contribution in [1.29, 1.82) is 0 Å². The first kappa shape index (κ1) is 27.2. The SMILES string of the molecule is CC(NC(=O)C(N)CO)C(=O)NC(CCCCN)C(=O)NC(CCC(N)=O)C(=O)O. The van der Waals surface area contributed by atoms with E-state index in [1.807, 2.05) is 0 Å². The number of nitrogens with two attached hydrogens (primary N) is 3. The maximum Gasteiger partial charge on any atom is 0.326 e. The zero-order valence-corrected chi connectivity index (χ0v) is 16.9. The lowest BCUT2D eigenvalue weighted by Gasteiger charge is -2.23. The monoisotopic (exact) mass is 432 g/mol. The van der Waals surface area contributed by atoms with Gasteiger partial charge >= 0.3 is 5.97 Å². The van der Waals surface area contributed by atoms with E-state index in [4.69, 9.17) is 22.3 Å². The Kier molecular flexibility index (Phi) is 12.9. The summed E-state index contributed by atoms with van der Waals surface area (Å²) in [6, 6.07) is -4.72. The molecule has 0 saturated heterocycles. The number of nitrogens with one attached hydrogen (secondary N) is 3. The minimum absolute atomic E-state index is 0.174. The normalized spacial score (nSPS) is 14.7.